The second kappa shape index (κ2) is 9.14. The van der Waals surface area contributed by atoms with E-state index in [9.17, 15) is 19.5 Å². The minimum Gasteiger partial charge on any atom is -0.394 e. The van der Waals surface area contributed by atoms with Crippen molar-refractivity contribution in [2.45, 2.75) is 24.9 Å². The van der Waals surface area contributed by atoms with Crippen molar-refractivity contribution in [1.82, 2.24) is 15.5 Å². The SMILES string of the molecule is O=C(C[C@@H]1NC(=O)N(CCc2ccccc2)C1=O)N[C@@H](CO)c1ccccc1. The molecule has 0 aromatic heterocycles. The molecule has 2 aromatic rings. The van der Waals surface area contributed by atoms with E-state index in [4.69, 9.17) is 0 Å². The second-order valence-corrected chi connectivity index (χ2v) is 6.65. The van der Waals surface area contributed by atoms with E-state index >= 15 is 0 Å². The van der Waals surface area contributed by atoms with E-state index in [1.807, 2.05) is 48.5 Å². The van der Waals surface area contributed by atoms with E-state index in [2.05, 4.69) is 10.6 Å². The van der Waals surface area contributed by atoms with Gasteiger partial charge in [-0.2, -0.15) is 0 Å². The van der Waals surface area contributed by atoms with Crippen molar-refractivity contribution in [3.05, 3.63) is 71.8 Å². The van der Waals surface area contributed by atoms with Crippen LogP contribution >= 0.6 is 0 Å². The number of urea groups is 1. The molecule has 2 atom stereocenters. The van der Waals surface area contributed by atoms with Crippen LogP contribution in [0.25, 0.3) is 0 Å². The summed E-state index contributed by atoms with van der Waals surface area (Å²) in [6.07, 6.45) is 0.384. The third-order valence-corrected chi connectivity index (χ3v) is 4.68. The van der Waals surface area contributed by atoms with Crippen LogP contribution in [0.15, 0.2) is 60.7 Å². The lowest BCUT2D eigenvalue weighted by molar-refractivity contribution is -0.131. The van der Waals surface area contributed by atoms with Gasteiger partial charge in [0.15, 0.2) is 0 Å². The number of nitrogens with zero attached hydrogens (tertiary/aromatic N) is 1. The number of amides is 4. The molecule has 0 bridgehead atoms. The molecule has 4 amide bonds. The molecule has 1 saturated heterocycles. The Morgan fingerprint density at radius 3 is 2.36 bits per heavy atom. The Balaban J connectivity index is 1.55. The van der Waals surface area contributed by atoms with Gasteiger partial charge in [0.25, 0.3) is 5.91 Å². The van der Waals surface area contributed by atoms with E-state index in [1.54, 1.807) is 12.1 Å². The molecule has 3 rings (SSSR count). The molecule has 7 heteroatoms. The highest BCUT2D eigenvalue weighted by molar-refractivity contribution is 6.05. The lowest BCUT2D eigenvalue weighted by atomic mass is 10.1. The van der Waals surface area contributed by atoms with Crippen LogP contribution in [0.3, 0.4) is 0 Å². The quantitative estimate of drug-likeness (QED) is 0.602. The zero-order chi connectivity index (χ0) is 19.9. The van der Waals surface area contributed by atoms with Gasteiger partial charge in [-0.1, -0.05) is 60.7 Å². The summed E-state index contributed by atoms with van der Waals surface area (Å²) in [6.45, 7) is 0.00000555. The van der Waals surface area contributed by atoms with Crippen molar-refractivity contribution >= 4 is 17.8 Å². The number of benzene rings is 2. The Morgan fingerprint density at radius 2 is 1.71 bits per heavy atom. The lowest BCUT2D eigenvalue weighted by Gasteiger charge is -2.18. The maximum atomic E-state index is 12.5. The number of aliphatic hydroxyl groups is 1. The molecule has 1 aliphatic heterocycles. The van der Waals surface area contributed by atoms with E-state index in [0.717, 1.165) is 16.0 Å². The van der Waals surface area contributed by atoms with Crippen LogP contribution in [0, 0.1) is 0 Å². The van der Waals surface area contributed by atoms with Crippen LogP contribution in [0.1, 0.15) is 23.6 Å². The molecule has 28 heavy (non-hydrogen) atoms. The average Bonchev–Trinajstić information content (AvgIpc) is 2.98. The largest absolute Gasteiger partial charge is 0.394 e. The summed E-state index contributed by atoms with van der Waals surface area (Å²) in [4.78, 5) is 38.1. The zero-order valence-electron chi connectivity index (χ0n) is 15.4. The summed E-state index contributed by atoms with van der Waals surface area (Å²) in [5.41, 5.74) is 1.79. The average molecular weight is 381 g/mol. The van der Waals surface area contributed by atoms with Gasteiger partial charge in [0.1, 0.15) is 6.04 Å². The van der Waals surface area contributed by atoms with Crippen molar-refractivity contribution in [1.29, 1.82) is 0 Å². The molecule has 3 N–H and O–H groups in total. The third-order valence-electron chi connectivity index (χ3n) is 4.68. The third kappa shape index (κ3) is 4.75. The van der Waals surface area contributed by atoms with Gasteiger partial charge in [0.2, 0.25) is 5.91 Å². The number of aliphatic hydroxyl groups excluding tert-OH is 1. The number of rotatable bonds is 8. The van der Waals surface area contributed by atoms with Crippen molar-refractivity contribution in [3.8, 4) is 0 Å². The Labute approximate surface area is 163 Å². The smallest absolute Gasteiger partial charge is 0.324 e. The first-order valence-electron chi connectivity index (χ1n) is 9.19. The Bertz CT molecular complexity index is 826. The highest BCUT2D eigenvalue weighted by atomic mass is 16.3. The number of carbonyl (C=O) groups is 3. The summed E-state index contributed by atoms with van der Waals surface area (Å²) < 4.78 is 0. The summed E-state index contributed by atoms with van der Waals surface area (Å²) in [5, 5.41) is 14.8. The predicted molar refractivity (Wildman–Crippen MR) is 103 cm³/mol. The van der Waals surface area contributed by atoms with Gasteiger partial charge in [-0.05, 0) is 17.5 Å². The molecule has 0 spiro atoms. The first-order valence-corrected chi connectivity index (χ1v) is 9.19. The number of nitrogens with one attached hydrogen (secondary N) is 2. The van der Waals surface area contributed by atoms with E-state index in [-0.39, 0.29) is 19.6 Å². The fraction of sp³-hybridized carbons (Fsp3) is 0.286. The molecular weight excluding hydrogens is 358 g/mol. The van der Waals surface area contributed by atoms with Crippen LogP contribution in [0.5, 0.6) is 0 Å². The van der Waals surface area contributed by atoms with Crippen LogP contribution in [0.2, 0.25) is 0 Å². The van der Waals surface area contributed by atoms with Gasteiger partial charge >= 0.3 is 6.03 Å². The number of hydrogen-bond acceptors (Lipinski definition) is 4. The monoisotopic (exact) mass is 381 g/mol. The van der Waals surface area contributed by atoms with Crippen LogP contribution in [0.4, 0.5) is 4.79 Å². The summed E-state index contributed by atoms with van der Waals surface area (Å²) in [6, 6.07) is 16.7. The highest BCUT2D eigenvalue weighted by Gasteiger charge is 2.38. The normalized spacial score (nSPS) is 17.3. The molecule has 0 aliphatic carbocycles. The Hall–Kier alpha value is -3.19. The van der Waals surface area contributed by atoms with Crippen molar-refractivity contribution in [3.63, 3.8) is 0 Å². The fourth-order valence-corrected chi connectivity index (χ4v) is 3.17. The number of carbonyl (C=O) groups excluding carboxylic acids is 3. The standard InChI is InChI=1S/C21H23N3O4/c25-14-18(16-9-5-2-6-10-16)22-19(26)13-17-20(27)24(21(28)23-17)12-11-15-7-3-1-4-8-15/h1-10,17-18,25H,11-14H2,(H,22,26)(H,23,28)/t17-,18-/m0/s1. The summed E-state index contributed by atoms with van der Waals surface area (Å²) >= 11 is 0. The first-order chi connectivity index (χ1) is 13.6. The van der Waals surface area contributed by atoms with E-state index in [0.29, 0.717) is 6.42 Å². The Morgan fingerprint density at radius 1 is 1.07 bits per heavy atom. The molecule has 0 saturated carbocycles. The zero-order valence-corrected chi connectivity index (χ0v) is 15.4. The lowest BCUT2D eigenvalue weighted by Crippen LogP contribution is -2.38. The van der Waals surface area contributed by atoms with Crippen molar-refractivity contribution in [2.24, 2.45) is 0 Å². The summed E-state index contributed by atoms with van der Waals surface area (Å²) in [5.74, 6) is -0.817. The van der Waals surface area contributed by atoms with Crippen molar-refractivity contribution in [2.75, 3.05) is 13.2 Å². The first kappa shape index (κ1) is 19.6. The molecule has 1 aliphatic rings. The maximum absolute atomic E-state index is 12.5. The minimum absolute atomic E-state index is 0.171. The highest BCUT2D eigenvalue weighted by Crippen LogP contribution is 2.14. The predicted octanol–water partition coefficient (Wildman–Crippen LogP) is 1.39. The molecule has 146 valence electrons. The van der Waals surface area contributed by atoms with Gasteiger partial charge in [-0.15, -0.1) is 0 Å². The second-order valence-electron chi connectivity index (χ2n) is 6.65. The molecule has 0 radical (unpaired) electrons. The van der Waals surface area contributed by atoms with E-state index in [1.165, 1.54) is 0 Å². The van der Waals surface area contributed by atoms with Gasteiger partial charge in [-0.25, -0.2) is 4.79 Å². The topological polar surface area (TPSA) is 98.7 Å². The van der Waals surface area contributed by atoms with Gasteiger partial charge in [-0.3, -0.25) is 14.5 Å². The number of imide groups is 1. The minimum atomic E-state index is -0.890. The van der Waals surface area contributed by atoms with Crippen molar-refractivity contribution < 1.29 is 19.5 Å². The molecule has 1 heterocycles. The van der Waals surface area contributed by atoms with Crippen LogP contribution < -0.4 is 10.6 Å². The number of hydrogen-bond donors (Lipinski definition) is 3. The summed E-state index contributed by atoms with van der Waals surface area (Å²) in [7, 11) is 0. The van der Waals surface area contributed by atoms with Gasteiger partial charge in [0.05, 0.1) is 19.1 Å². The van der Waals surface area contributed by atoms with E-state index < -0.39 is 29.9 Å². The molecule has 7 nitrogen and oxygen atoms in total. The Kier molecular flexibility index (Phi) is 6.39. The maximum Gasteiger partial charge on any atom is 0.324 e. The fourth-order valence-electron chi connectivity index (χ4n) is 3.17. The van der Waals surface area contributed by atoms with Crippen LogP contribution in [-0.2, 0) is 16.0 Å². The van der Waals surface area contributed by atoms with Gasteiger partial charge in [0, 0.05) is 6.54 Å². The molecule has 0 unspecified atom stereocenters. The van der Waals surface area contributed by atoms with Gasteiger partial charge < -0.3 is 15.7 Å². The van der Waals surface area contributed by atoms with Crippen LogP contribution in [-0.4, -0.2) is 47.0 Å². The molecule has 1 fully saturated rings. The molecular formula is C21H23N3O4. The molecule has 2 aromatic carbocycles.